The molecule has 52 nitrogen and oxygen atoms in total. The van der Waals surface area contributed by atoms with Crippen LogP contribution < -0.4 is 136 Å². The number of hydrogen-bond donors (Lipinski definition) is 29. The summed E-state index contributed by atoms with van der Waals surface area (Å²) in [5, 5.41) is 73.2. The van der Waals surface area contributed by atoms with Crippen LogP contribution in [0.15, 0.2) is 72.9 Å². The second-order valence-corrected chi connectivity index (χ2v) is 39.2. The number of primary amides is 7. The van der Waals surface area contributed by atoms with Gasteiger partial charge in [0.05, 0.1) is 25.6 Å². The smallest absolute Gasteiger partial charge is 0.246 e. The lowest BCUT2D eigenvalue weighted by Crippen LogP contribution is -2.65. The summed E-state index contributed by atoms with van der Waals surface area (Å²) >= 11 is 0. The van der Waals surface area contributed by atoms with Gasteiger partial charge in [0, 0.05) is 69.1 Å². The number of H-pyrrole nitrogens is 1. The highest BCUT2D eigenvalue weighted by molar-refractivity contribution is 6.04. The van der Waals surface area contributed by atoms with E-state index in [1.807, 2.05) is 6.08 Å². The maximum absolute atomic E-state index is 15.7. The number of benzene rings is 2. The summed E-state index contributed by atoms with van der Waals surface area (Å²) in [5.74, 6) is -26.4. The molecular weight excluding hydrogens is 1960 g/mol. The van der Waals surface area contributed by atoms with Gasteiger partial charge in [-0.1, -0.05) is 121 Å². The van der Waals surface area contributed by atoms with Gasteiger partial charge in [0.2, 0.25) is 136 Å². The van der Waals surface area contributed by atoms with Gasteiger partial charge in [-0.2, -0.15) is 0 Å². The molecule has 1 aliphatic heterocycles. The van der Waals surface area contributed by atoms with E-state index >= 15 is 47.9 Å². The zero-order valence-corrected chi connectivity index (χ0v) is 86.5. The van der Waals surface area contributed by atoms with E-state index in [0.717, 1.165) is 13.8 Å². The van der Waals surface area contributed by atoms with E-state index in [0.29, 0.717) is 47.7 Å². The molecule has 37 N–H and O–H groups in total. The lowest BCUT2D eigenvalue weighted by molar-refractivity contribution is -0.139. The van der Waals surface area contributed by atoms with Gasteiger partial charge in [-0.05, 0) is 152 Å². The molecule has 17 atom stereocenters. The van der Waals surface area contributed by atoms with Crippen LogP contribution in [0, 0.1) is 23.2 Å². The lowest BCUT2D eigenvalue weighted by Gasteiger charge is -2.34. The average Bonchev–Trinajstić information content (AvgIpc) is 1.48. The third kappa shape index (κ3) is 46.0. The number of amides is 23. The molecule has 2 aromatic carbocycles. The average molecular weight is 2110 g/mol. The molecule has 23 amide bonds. The van der Waals surface area contributed by atoms with Crippen molar-refractivity contribution in [3.8, 4) is 0 Å². The molecule has 2 heterocycles. The monoisotopic (exact) mass is 2110 g/mol. The minimum Gasteiger partial charge on any atom is -0.394 e. The normalized spacial score (nSPS) is 20.8. The largest absolute Gasteiger partial charge is 0.394 e. The quantitative estimate of drug-likeness (QED) is 0.0108. The molecule has 3 aromatic rings. The van der Waals surface area contributed by atoms with E-state index in [-0.39, 0.29) is 95.4 Å². The van der Waals surface area contributed by atoms with Crippen molar-refractivity contribution in [2.24, 2.45) is 63.6 Å². The predicted molar refractivity (Wildman–Crippen MR) is 545 cm³/mol. The fraction of sp³-hybridized carbons (Fsp3) is 0.592. The minimum atomic E-state index is -2.21. The first-order valence-corrected chi connectivity index (χ1v) is 49.9. The molecule has 52 heteroatoms. The fourth-order valence-electron chi connectivity index (χ4n) is 16.3. The number of para-hydroxylation sites is 1. The summed E-state index contributed by atoms with van der Waals surface area (Å²) in [6.07, 6.45) is -2.80. The number of carbonyl (C=O) groups excluding carboxylic acids is 23. The number of fused-ring (bicyclic) bond motifs is 1. The van der Waals surface area contributed by atoms with E-state index in [1.165, 1.54) is 13.8 Å². The first-order valence-electron chi connectivity index (χ1n) is 49.9. The van der Waals surface area contributed by atoms with Gasteiger partial charge in [-0.3, -0.25) is 116 Å². The van der Waals surface area contributed by atoms with Crippen LogP contribution in [0.25, 0.3) is 10.9 Å². The van der Waals surface area contributed by atoms with Crippen LogP contribution in [-0.4, -0.2) is 272 Å². The second kappa shape index (κ2) is 63.4. The molecule has 4 rings (SSSR count). The topological polar surface area (TPSA) is 885 Å². The maximum Gasteiger partial charge on any atom is 0.246 e. The van der Waals surface area contributed by atoms with Crippen LogP contribution >= 0.6 is 0 Å². The first-order chi connectivity index (χ1) is 70.4. The number of nitrogens with one attached hydrogen (secondary N) is 19. The molecule has 0 aliphatic carbocycles. The summed E-state index contributed by atoms with van der Waals surface area (Å²) in [6.45, 7) is 13.8. The SMILES string of the molecule is CC(=O)N[C@@H](CCC(N)=O)C(=O)N[C@@H](CO)C(=O)N[C@@H](CCC(N)=O)C(=O)N[C@@H](CCC(N)=O)C(=O)N[C@H](C(=O)N[C@@H](Cc1ccccc1)C(=O)N[C@]1(C)CCCCCC/C=C\CCC[C@](C)(C(=O)N[C@@H](CCC(N)=O)C(=O)N[C@@H](CC(N)=O)C(N)=O)NC(=O)[C@H](CC(C)C)NC(=O)[C@H](CC(C)C)NC(=O)[C@H](CCCNC(=N)N)NC(=O)[C@H](Cc2c[nH]c3ccccc23)NC(=O)[C@H](CC(C)C)NC(=O)[C@H](CC(N)=O)NC1=O)[C@@H](C)O. The summed E-state index contributed by atoms with van der Waals surface area (Å²) in [6, 6.07) is -9.53. The lowest BCUT2D eigenvalue weighted by atomic mass is 9.91. The van der Waals surface area contributed by atoms with Crippen LogP contribution in [0.2, 0.25) is 0 Å². The van der Waals surface area contributed by atoms with E-state index in [1.54, 1.807) is 108 Å². The van der Waals surface area contributed by atoms with Crippen molar-refractivity contribution in [2.45, 2.75) is 338 Å². The van der Waals surface area contributed by atoms with E-state index in [9.17, 15) is 72.5 Å². The highest BCUT2D eigenvalue weighted by Gasteiger charge is 2.45. The van der Waals surface area contributed by atoms with Crippen molar-refractivity contribution >= 4 is 153 Å². The van der Waals surface area contributed by atoms with Crippen molar-refractivity contribution < 1.29 is 120 Å². The Morgan fingerprint density at radius 1 is 0.447 bits per heavy atom. The Bertz CT molecular complexity index is 5250. The molecular formula is C98H153N27O25. The molecule has 0 unspecified atom stereocenters. The Morgan fingerprint density at radius 2 is 0.880 bits per heavy atom. The highest BCUT2D eigenvalue weighted by atomic mass is 16.3. The van der Waals surface area contributed by atoms with E-state index in [2.05, 4.69) is 95.4 Å². The summed E-state index contributed by atoms with van der Waals surface area (Å²) in [4.78, 5) is 325. The van der Waals surface area contributed by atoms with Gasteiger partial charge in [0.15, 0.2) is 5.96 Å². The Labute approximate surface area is 868 Å². The van der Waals surface area contributed by atoms with Crippen LogP contribution in [-0.2, 0) is 123 Å². The number of hydrogen-bond acceptors (Lipinski definition) is 26. The van der Waals surface area contributed by atoms with Gasteiger partial charge < -0.3 is 151 Å². The number of allylic oxidation sites excluding steroid dienone is 2. The summed E-state index contributed by atoms with van der Waals surface area (Å²) < 4.78 is 0. The van der Waals surface area contributed by atoms with Crippen molar-refractivity contribution in [1.82, 2.24) is 95.4 Å². The van der Waals surface area contributed by atoms with Crippen LogP contribution in [0.5, 0.6) is 0 Å². The summed E-state index contributed by atoms with van der Waals surface area (Å²) in [7, 11) is 0. The second-order valence-electron chi connectivity index (χ2n) is 39.2. The third-order valence-corrected chi connectivity index (χ3v) is 24.4. The van der Waals surface area contributed by atoms with E-state index in [4.69, 9.17) is 51.3 Å². The Morgan fingerprint density at radius 3 is 1.37 bits per heavy atom. The molecule has 830 valence electrons. The van der Waals surface area contributed by atoms with Crippen molar-refractivity contribution in [3.63, 3.8) is 0 Å². The minimum absolute atomic E-state index is 0.00685. The van der Waals surface area contributed by atoms with Gasteiger partial charge in [0.25, 0.3) is 0 Å². The number of aromatic amines is 1. The van der Waals surface area contributed by atoms with Crippen LogP contribution in [0.3, 0.4) is 0 Å². The predicted octanol–water partition coefficient (Wildman–Crippen LogP) is -6.34. The van der Waals surface area contributed by atoms with Crippen LogP contribution in [0.4, 0.5) is 0 Å². The fourth-order valence-corrected chi connectivity index (χ4v) is 16.3. The Kier molecular flexibility index (Phi) is 53.7. The number of guanidine groups is 1. The molecule has 1 aliphatic rings. The Hall–Kier alpha value is -15.3. The van der Waals surface area contributed by atoms with Gasteiger partial charge >= 0.3 is 0 Å². The van der Waals surface area contributed by atoms with Gasteiger partial charge in [-0.25, -0.2) is 0 Å². The van der Waals surface area contributed by atoms with Crippen molar-refractivity contribution in [2.75, 3.05) is 13.2 Å². The molecule has 0 fully saturated rings. The standard InChI is InChI=1S/C98H153N27O25/c1-51(2)42-66-86(141)117-68(44-53(5)6)91(146)124-97(9,94(149)121-64(34-38-76(102)132)84(139)114-65(80(105)135)47-77(103)133)39-23-16-14-12-11-13-15-17-24-40-98(10,95(150)122-71(48-78(104)134)89(144)116-67(43-52(3)4)87(142)118-70(46-57-49-109-59-29-22-21-28-58(57)59)88(143)111-60(81(136)115-66)30-25-41-108-96(106)107)125-92(147)69(45-56-26-19-18-20-27-56)119-93(148)79(54(7)127)123-85(140)63(33-37-75(101)131)112-83(138)62(32-36-74(100)130)113-90(145)72(50-126)120-82(137)61(110-55(8)128)31-35-73(99)129/h12,14,18-22,26-29,49,51-54,60-72,79,109,126-127H,11,13,15-17,23-25,30-48,50H2,1-10H3,(H2,99,129)(H2,100,130)(H2,101,131)(H2,102,132)(H2,103,133)(H2,104,134)(H2,105,135)(H,110,128)(H,111,143)(H,112,138)(H,113,145)(H,114,139)(H,115,136)(H,116,144)(H,117,141)(H,118,142)(H,119,148)(H,120,137)(H,121,149)(H,122,150)(H,123,140)(H,124,146)(H,125,147)(H4,106,107,108)/b14-12-/t54-,60+,61+,62+,63+,64+,65+,66+,67+,68+,69+,70+,71+,72+,79+,97-,98-/m1/s1. The van der Waals surface area contributed by atoms with Gasteiger partial charge in [-0.15, -0.1) is 0 Å². The van der Waals surface area contributed by atoms with Crippen molar-refractivity contribution in [3.05, 3.63) is 84.1 Å². The Balaban J connectivity index is 1.96. The number of rotatable bonds is 50. The van der Waals surface area contributed by atoms with Crippen LogP contribution in [0.1, 0.15) is 234 Å². The third-order valence-electron chi connectivity index (χ3n) is 24.4. The molecule has 0 saturated carbocycles. The van der Waals surface area contributed by atoms with Gasteiger partial charge in [0.1, 0.15) is 95.7 Å². The molecule has 0 saturated heterocycles. The molecule has 0 bridgehead atoms. The number of nitrogens with two attached hydrogens (primary N) is 8. The molecule has 1 aromatic heterocycles. The molecule has 0 radical (unpaired) electrons. The number of aliphatic hydroxyl groups excluding tert-OH is 2. The highest BCUT2D eigenvalue weighted by Crippen LogP contribution is 2.25. The van der Waals surface area contributed by atoms with E-state index < -0.39 is 320 Å². The first kappa shape index (κ1) is 127. The zero-order valence-electron chi connectivity index (χ0n) is 86.5. The number of carbonyl (C=O) groups is 23. The molecule has 0 spiro atoms. The number of aromatic nitrogens is 1. The van der Waals surface area contributed by atoms with Crippen molar-refractivity contribution in [1.29, 1.82) is 5.41 Å². The maximum atomic E-state index is 15.7. The zero-order chi connectivity index (χ0) is 113. The molecule has 150 heavy (non-hydrogen) atoms. The summed E-state index contributed by atoms with van der Waals surface area (Å²) in [5.41, 5.74) is 41.3. The number of aliphatic hydroxyl groups is 2.